The van der Waals surface area contributed by atoms with Crippen LogP contribution < -0.4 is 4.72 Å². The predicted molar refractivity (Wildman–Crippen MR) is 129 cm³/mol. The number of allylic oxidation sites excluding steroid dienone is 2. The summed E-state index contributed by atoms with van der Waals surface area (Å²) in [6.45, 7) is 1.85. The molecule has 2 heterocycles. The highest BCUT2D eigenvalue weighted by Gasteiger charge is 2.36. The van der Waals surface area contributed by atoms with E-state index in [1.165, 1.54) is 11.8 Å². The van der Waals surface area contributed by atoms with Gasteiger partial charge in [0.25, 0.3) is 5.91 Å². The van der Waals surface area contributed by atoms with Crippen molar-refractivity contribution in [3.05, 3.63) is 89.8 Å². The van der Waals surface area contributed by atoms with Crippen molar-refractivity contribution >= 4 is 15.9 Å². The smallest absolute Gasteiger partial charge is 0.255 e. The third-order valence-electron chi connectivity index (χ3n) is 6.09. The van der Waals surface area contributed by atoms with Gasteiger partial charge in [-0.25, -0.2) is 13.1 Å². The van der Waals surface area contributed by atoms with Crippen molar-refractivity contribution in [1.29, 1.82) is 0 Å². The number of hydrogen-bond donors (Lipinski definition) is 1. The second-order valence-corrected chi connectivity index (χ2v) is 10.3. The maximum atomic E-state index is 13.1. The molecule has 1 aliphatic heterocycles. The number of aromatic nitrogens is 1. The first-order valence-corrected chi connectivity index (χ1v) is 13.1. The summed E-state index contributed by atoms with van der Waals surface area (Å²) in [4.78, 5) is 21.3. The molecular weight excluding hydrogens is 436 g/mol. The molecule has 1 fully saturated rings. The van der Waals surface area contributed by atoms with Crippen LogP contribution in [-0.2, 0) is 10.0 Å². The number of nitrogens with zero attached hydrogens (tertiary/aromatic N) is 3. The highest BCUT2D eigenvalue weighted by molar-refractivity contribution is 7.88. The van der Waals surface area contributed by atoms with Gasteiger partial charge in [0.1, 0.15) is 0 Å². The quantitative estimate of drug-likeness (QED) is 0.679. The molecule has 2 aliphatic rings. The van der Waals surface area contributed by atoms with Gasteiger partial charge in [0.05, 0.1) is 17.9 Å². The molecule has 33 heavy (non-hydrogen) atoms. The average Bonchev–Trinajstić information content (AvgIpc) is 2.84. The van der Waals surface area contributed by atoms with E-state index in [1.54, 1.807) is 29.4 Å². The van der Waals surface area contributed by atoms with Crippen LogP contribution in [0.5, 0.6) is 0 Å². The standard InChI is InChI=1S/C25H30N4O3S/c1-33(31,32)27-18-23-19-28(25(30)22-13-8-14-26-17-22)15-16-29(23)24(20-9-4-2-5-10-20)21-11-6-3-7-12-21/h2,4-6,8-14,17,23-24,27H,3,7,15-16,18-19H2,1H3. The van der Waals surface area contributed by atoms with E-state index >= 15 is 0 Å². The number of carbonyl (C=O) groups is 1. The summed E-state index contributed by atoms with van der Waals surface area (Å²) >= 11 is 0. The van der Waals surface area contributed by atoms with Gasteiger partial charge in [0.15, 0.2) is 0 Å². The largest absolute Gasteiger partial charge is 0.336 e. The summed E-state index contributed by atoms with van der Waals surface area (Å²) in [5, 5.41) is 0. The normalized spacial score (nSPS) is 20.3. The maximum Gasteiger partial charge on any atom is 0.255 e. The summed E-state index contributed by atoms with van der Waals surface area (Å²) in [5.41, 5.74) is 2.91. The van der Waals surface area contributed by atoms with E-state index in [2.05, 4.69) is 45.0 Å². The molecule has 8 heteroatoms. The van der Waals surface area contributed by atoms with Crippen LogP contribution in [0.25, 0.3) is 0 Å². The van der Waals surface area contributed by atoms with Gasteiger partial charge < -0.3 is 4.90 Å². The predicted octanol–water partition coefficient (Wildman–Crippen LogP) is 2.77. The van der Waals surface area contributed by atoms with Crippen molar-refractivity contribution in [3.63, 3.8) is 0 Å². The Balaban J connectivity index is 1.64. The fourth-order valence-corrected chi connectivity index (χ4v) is 5.04. The maximum absolute atomic E-state index is 13.1. The molecule has 1 aromatic heterocycles. The van der Waals surface area contributed by atoms with Crippen LogP contribution in [0.1, 0.15) is 34.8 Å². The zero-order valence-electron chi connectivity index (χ0n) is 18.8. The summed E-state index contributed by atoms with van der Waals surface area (Å²) in [6, 6.07) is 13.6. The first-order chi connectivity index (χ1) is 15.9. The Labute approximate surface area is 195 Å². The molecular formula is C25H30N4O3S. The van der Waals surface area contributed by atoms with E-state index in [4.69, 9.17) is 0 Å². The zero-order valence-corrected chi connectivity index (χ0v) is 19.6. The Morgan fingerprint density at radius 2 is 1.97 bits per heavy atom. The number of sulfonamides is 1. The molecule has 2 unspecified atom stereocenters. The van der Waals surface area contributed by atoms with Gasteiger partial charge in [-0.2, -0.15) is 0 Å². The number of rotatable bonds is 7. The Kier molecular flexibility index (Phi) is 7.37. The van der Waals surface area contributed by atoms with Crippen LogP contribution in [-0.4, -0.2) is 67.6 Å². The van der Waals surface area contributed by atoms with Gasteiger partial charge in [-0.3, -0.25) is 14.7 Å². The molecule has 1 N–H and O–H groups in total. The van der Waals surface area contributed by atoms with Crippen molar-refractivity contribution in [3.8, 4) is 0 Å². The summed E-state index contributed by atoms with van der Waals surface area (Å²) in [5.74, 6) is -0.0832. The summed E-state index contributed by atoms with van der Waals surface area (Å²) in [6.07, 6.45) is 13.0. The lowest BCUT2D eigenvalue weighted by molar-refractivity contribution is 0.0395. The number of benzene rings is 1. The highest BCUT2D eigenvalue weighted by Crippen LogP contribution is 2.34. The van der Waals surface area contributed by atoms with Crippen molar-refractivity contribution in [2.75, 3.05) is 32.4 Å². The van der Waals surface area contributed by atoms with Crippen LogP contribution in [0.4, 0.5) is 0 Å². The van der Waals surface area contributed by atoms with E-state index in [1.807, 2.05) is 18.2 Å². The molecule has 1 aliphatic carbocycles. The summed E-state index contributed by atoms with van der Waals surface area (Å²) < 4.78 is 26.5. The summed E-state index contributed by atoms with van der Waals surface area (Å²) in [7, 11) is -3.37. The minimum absolute atomic E-state index is 0.00949. The van der Waals surface area contributed by atoms with E-state index in [0.29, 0.717) is 25.2 Å². The lowest BCUT2D eigenvalue weighted by atomic mass is 9.91. The van der Waals surface area contributed by atoms with Crippen LogP contribution in [0.3, 0.4) is 0 Å². The topological polar surface area (TPSA) is 82.6 Å². The molecule has 0 radical (unpaired) electrons. The minimum Gasteiger partial charge on any atom is -0.336 e. The Morgan fingerprint density at radius 1 is 1.15 bits per heavy atom. The first kappa shape index (κ1) is 23.4. The van der Waals surface area contributed by atoms with Gasteiger partial charge in [-0.1, -0.05) is 48.6 Å². The molecule has 0 spiro atoms. The van der Waals surface area contributed by atoms with Gasteiger partial charge >= 0.3 is 0 Å². The molecule has 7 nitrogen and oxygen atoms in total. The Bertz CT molecular complexity index is 1120. The molecule has 174 valence electrons. The molecule has 1 amide bonds. The van der Waals surface area contributed by atoms with Gasteiger partial charge in [0.2, 0.25) is 10.0 Å². The molecule has 2 aromatic rings. The molecule has 1 saturated heterocycles. The van der Waals surface area contributed by atoms with Crippen LogP contribution in [0, 0.1) is 0 Å². The van der Waals surface area contributed by atoms with Gasteiger partial charge in [-0.05, 0) is 36.1 Å². The fourth-order valence-electron chi connectivity index (χ4n) is 4.54. The highest BCUT2D eigenvalue weighted by atomic mass is 32.2. The Morgan fingerprint density at radius 3 is 2.64 bits per heavy atom. The average molecular weight is 467 g/mol. The monoisotopic (exact) mass is 466 g/mol. The van der Waals surface area contributed by atoms with Gasteiger partial charge in [0, 0.05) is 44.6 Å². The van der Waals surface area contributed by atoms with E-state index in [9.17, 15) is 13.2 Å². The van der Waals surface area contributed by atoms with Crippen LogP contribution in [0.2, 0.25) is 0 Å². The minimum atomic E-state index is -3.37. The van der Waals surface area contributed by atoms with Crippen LogP contribution in [0.15, 0.2) is 78.7 Å². The molecule has 4 rings (SSSR count). The second kappa shape index (κ2) is 10.4. The van der Waals surface area contributed by atoms with E-state index in [0.717, 1.165) is 18.4 Å². The van der Waals surface area contributed by atoms with E-state index < -0.39 is 10.0 Å². The molecule has 2 atom stereocenters. The number of hydrogen-bond acceptors (Lipinski definition) is 5. The number of amides is 1. The number of pyridine rings is 1. The first-order valence-electron chi connectivity index (χ1n) is 11.2. The zero-order chi connectivity index (χ0) is 23.3. The molecule has 0 saturated carbocycles. The Hall–Kier alpha value is -2.81. The molecule has 1 aromatic carbocycles. The molecule has 0 bridgehead atoms. The van der Waals surface area contributed by atoms with Gasteiger partial charge in [-0.15, -0.1) is 0 Å². The number of carbonyl (C=O) groups excluding carboxylic acids is 1. The van der Waals surface area contributed by atoms with Crippen molar-refractivity contribution in [1.82, 2.24) is 19.5 Å². The van der Waals surface area contributed by atoms with Crippen molar-refractivity contribution in [2.45, 2.75) is 24.9 Å². The SMILES string of the molecule is CS(=O)(=O)NCC1CN(C(=O)c2cccnc2)CCN1C(C1=CCCC=C1)c1ccccc1. The lowest BCUT2D eigenvalue weighted by Gasteiger charge is -2.46. The third kappa shape index (κ3) is 5.96. The number of piperazine rings is 1. The lowest BCUT2D eigenvalue weighted by Crippen LogP contribution is -2.59. The van der Waals surface area contributed by atoms with Crippen LogP contribution >= 0.6 is 0 Å². The second-order valence-electron chi connectivity index (χ2n) is 8.50. The fraction of sp³-hybridized carbons (Fsp3) is 0.360. The number of nitrogens with one attached hydrogen (secondary N) is 1. The third-order valence-corrected chi connectivity index (χ3v) is 6.78. The van der Waals surface area contributed by atoms with E-state index in [-0.39, 0.29) is 24.5 Å². The van der Waals surface area contributed by atoms with Crippen molar-refractivity contribution < 1.29 is 13.2 Å². The van der Waals surface area contributed by atoms with Crippen molar-refractivity contribution in [2.24, 2.45) is 0 Å².